The second kappa shape index (κ2) is 5.05. The fourth-order valence-corrected chi connectivity index (χ4v) is 3.24. The first-order valence-corrected chi connectivity index (χ1v) is 6.97. The monoisotopic (exact) mass is 279 g/mol. The Hall–Kier alpha value is -1.62. The van der Waals surface area contributed by atoms with Crippen molar-refractivity contribution in [1.82, 2.24) is 0 Å². The minimum atomic E-state index is -1.10. The van der Waals surface area contributed by atoms with Gasteiger partial charge in [0.15, 0.2) is 0 Å². The maximum absolute atomic E-state index is 14.0. The predicted octanol–water partition coefficient (Wildman–Crippen LogP) is 2.24. The molecule has 2 aliphatic rings. The van der Waals surface area contributed by atoms with Crippen LogP contribution in [0.4, 0.5) is 10.1 Å². The molecule has 1 unspecified atom stereocenters. The summed E-state index contributed by atoms with van der Waals surface area (Å²) in [6.07, 6.45) is 0. The Labute approximate surface area is 117 Å². The minimum Gasteiger partial charge on any atom is -0.478 e. The number of anilines is 1. The van der Waals surface area contributed by atoms with Crippen molar-refractivity contribution in [3.8, 4) is 0 Å². The number of fused-ring (bicyclic) bond motifs is 1. The predicted molar refractivity (Wildman–Crippen MR) is 72.5 cm³/mol. The van der Waals surface area contributed by atoms with Crippen molar-refractivity contribution >= 4 is 11.7 Å². The van der Waals surface area contributed by atoms with E-state index < -0.39 is 11.8 Å². The quantitative estimate of drug-likeness (QED) is 0.898. The van der Waals surface area contributed by atoms with Crippen LogP contribution in [-0.2, 0) is 4.74 Å². The summed E-state index contributed by atoms with van der Waals surface area (Å²) >= 11 is 0. The molecule has 0 amide bonds. The van der Waals surface area contributed by atoms with Crippen LogP contribution in [0.15, 0.2) is 18.2 Å². The van der Waals surface area contributed by atoms with Crippen molar-refractivity contribution in [3.63, 3.8) is 0 Å². The van der Waals surface area contributed by atoms with E-state index in [-0.39, 0.29) is 5.56 Å². The number of nitrogens with zero attached hydrogens (tertiary/aromatic N) is 1. The summed E-state index contributed by atoms with van der Waals surface area (Å²) in [5, 5.41) is 8.84. The third-order valence-corrected chi connectivity index (χ3v) is 4.42. The second-order valence-electron chi connectivity index (χ2n) is 5.53. The Morgan fingerprint density at radius 1 is 1.45 bits per heavy atom. The summed E-state index contributed by atoms with van der Waals surface area (Å²) in [6.45, 7) is 5.21. The van der Waals surface area contributed by atoms with Crippen LogP contribution in [0.3, 0.4) is 0 Å². The van der Waals surface area contributed by atoms with E-state index in [4.69, 9.17) is 9.84 Å². The SMILES string of the molecule is CCOCC1[C@H]2CN(c3ccc(C(=O)O)cc3F)C[C@@H]12. The highest BCUT2D eigenvalue weighted by atomic mass is 19.1. The van der Waals surface area contributed by atoms with Crippen LogP contribution in [0.2, 0.25) is 0 Å². The molecule has 20 heavy (non-hydrogen) atoms. The highest BCUT2D eigenvalue weighted by Crippen LogP contribution is 2.52. The van der Waals surface area contributed by atoms with Gasteiger partial charge in [-0.3, -0.25) is 0 Å². The van der Waals surface area contributed by atoms with Crippen molar-refractivity contribution in [2.24, 2.45) is 17.8 Å². The van der Waals surface area contributed by atoms with Crippen LogP contribution < -0.4 is 4.90 Å². The van der Waals surface area contributed by atoms with E-state index in [2.05, 4.69) is 0 Å². The summed E-state index contributed by atoms with van der Waals surface area (Å²) in [7, 11) is 0. The van der Waals surface area contributed by atoms with E-state index in [1.54, 1.807) is 6.07 Å². The molecule has 0 spiro atoms. The molecule has 0 bridgehead atoms. The molecule has 1 aliphatic heterocycles. The second-order valence-corrected chi connectivity index (χ2v) is 5.53. The molecule has 1 N–H and O–H groups in total. The van der Waals surface area contributed by atoms with Gasteiger partial charge in [-0.2, -0.15) is 0 Å². The van der Waals surface area contributed by atoms with Gasteiger partial charge in [0, 0.05) is 19.7 Å². The number of carbonyl (C=O) groups is 1. The van der Waals surface area contributed by atoms with Gasteiger partial charge >= 0.3 is 5.97 Å². The summed E-state index contributed by atoms with van der Waals surface area (Å²) in [5.74, 6) is 0.261. The molecule has 1 saturated carbocycles. The lowest BCUT2D eigenvalue weighted by atomic mass is 10.1. The molecule has 0 radical (unpaired) electrons. The van der Waals surface area contributed by atoms with Crippen LogP contribution >= 0.6 is 0 Å². The Morgan fingerprint density at radius 3 is 2.70 bits per heavy atom. The first-order chi connectivity index (χ1) is 9.61. The van der Waals surface area contributed by atoms with Crippen LogP contribution in [0.1, 0.15) is 17.3 Å². The number of ether oxygens (including phenoxy) is 1. The molecule has 3 rings (SSSR count). The van der Waals surface area contributed by atoms with E-state index in [1.165, 1.54) is 6.07 Å². The zero-order valence-electron chi connectivity index (χ0n) is 11.4. The first kappa shape index (κ1) is 13.4. The molecule has 5 heteroatoms. The van der Waals surface area contributed by atoms with Crippen molar-refractivity contribution in [1.29, 1.82) is 0 Å². The molecule has 3 atom stereocenters. The van der Waals surface area contributed by atoms with E-state index >= 15 is 0 Å². The van der Waals surface area contributed by atoms with Gasteiger partial charge in [-0.25, -0.2) is 9.18 Å². The normalized spacial score (nSPS) is 27.5. The zero-order chi connectivity index (χ0) is 14.3. The summed E-state index contributed by atoms with van der Waals surface area (Å²) in [5.41, 5.74) is 0.502. The van der Waals surface area contributed by atoms with E-state index in [9.17, 15) is 9.18 Å². The fraction of sp³-hybridized carbons (Fsp3) is 0.533. The van der Waals surface area contributed by atoms with Gasteiger partial charge in [-0.1, -0.05) is 0 Å². The lowest BCUT2D eigenvalue weighted by Crippen LogP contribution is -2.26. The van der Waals surface area contributed by atoms with Crippen LogP contribution in [0, 0.1) is 23.6 Å². The molecule has 1 heterocycles. The number of benzene rings is 1. The number of halogens is 1. The highest BCUT2D eigenvalue weighted by Gasteiger charge is 2.55. The molecule has 0 aromatic heterocycles. The number of carboxylic acid groups (broad SMARTS) is 1. The summed E-state index contributed by atoms with van der Waals surface area (Å²) in [6, 6.07) is 4.13. The molecule has 108 valence electrons. The van der Waals surface area contributed by atoms with Crippen molar-refractivity contribution in [2.45, 2.75) is 6.92 Å². The van der Waals surface area contributed by atoms with Crippen LogP contribution in [0.25, 0.3) is 0 Å². The van der Waals surface area contributed by atoms with E-state index in [0.717, 1.165) is 32.4 Å². The van der Waals surface area contributed by atoms with Gasteiger partial charge in [0.25, 0.3) is 0 Å². The third-order valence-electron chi connectivity index (χ3n) is 4.42. The number of hydrogen-bond donors (Lipinski definition) is 1. The molecule has 1 saturated heterocycles. The smallest absolute Gasteiger partial charge is 0.335 e. The van der Waals surface area contributed by atoms with Crippen LogP contribution in [-0.4, -0.2) is 37.4 Å². The topological polar surface area (TPSA) is 49.8 Å². The van der Waals surface area contributed by atoms with E-state index in [1.807, 2.05) is 11.8 Å². The Morgan fingerprint density at radius 2 is 2.15 bits per heavy atom. The molecule has 4 nitrogen and oxygen atoms in total. The van der Waals surface area contributed by atoms with Gasteiger partial charge in [0.1, 0.15) is 5.82 Å². The average molecular weight is 279 g/mol. The molecular weight excluding hydrogens is 261 g/mol. The Bertz CT molecular complexity index is 522. The fourth-order valence-electron chi connectivity index (χ4n) is 3.24. The average Bonchev–Trinajstić information content (AvgIpc) is 2.87. The van der Waals surface area contributed by atoms with Crippen LogP contribution in [0.5, 0.6) is 0 Å². The van der Waals surface area contributed by atoms with Gasteiger partial charge in [0.05, 0.1) is 17.9 Å². The van der Waals surface area contributed by atoms with Crippen molar-refractivity contribution in [3.05, 3.63) is 29.6 Å². The highest BCUT2D eigenvalue weighted by molar-refractivity contribution is 5.88. The van der Waals surface area contributed by atoms with Gasteiger partial charge in [-0.05, 0) is 42.9 Å². The molecule has 2 fully saturated rings. The van der Waals surface area contributed by atoms with Gasteiger partial charge in [-0.15, -0.1) is 0 Å². The molecular formula is C15H18FNO3. The Kier molecular flexibility index (Phi) is 3.38. The van der Waals surface area contributed by atoms with Gasteiger partial charge < -0.3 is 14.7 Å². The largest absolute Gasteiger partial charge is 0.478 e. The maximum atomic E-state index is 14.0. The Balaban J connectivity index is 1.64. The van der Waals surface area contributed by atoms with Gasteiger partial charge in [0.2, 0.25) is 0 Å². The minimum absolute atomic E-state index is 0.00942. The molecule has 1 aliphatic carbocycles. The first-order valence-electron chi connectivity index (χ1n) is 6.97. The number of piperidine rings is 1. The lowest BCUT2D eigenvalue weighted by Gasteiger charge is -2.22. The summed E-state index contributed by atoms with van der Waals surface area (Å²) in [4.78, 5) is 12.8. The summed E-state index contributed by atoms with van der Waals surface area (Å²) < 4.78 is 19.4. The molecule has 1 aromatic rings. The molecule has 1 aromatic carbocycles. The number of rotatable bonds is 5. The lowest BCUT2D eigenvalue weighted by molar-refractivity contribution is 0.0696. The zero-order valence-corrected chi connectivity index (χ0v) is 11.4. The number of aromatic carboxylic acids is 1. The van der Waals surface area contributed by atoms with E-state index in [0.29, 0.717) is 23.4 Å². The van der Waals surface area contributed by atoms with Crippen molar-refractivity contribution < 1.29 is 19.0 Å². The maximum Gasteiger partial charge on any atom is 0.335 e. The third kappa shape index (κ3) is 2.26. The number of hydrogen-bond acceptors (Lipinski definition) is 3. The number of carboxylic acids is 1. The van der Waals surface area contributed by atoms with Crippen molar-refractivity contribution in [2.75, 3.05) is 31.2 Å². The standard InChI is InChI=1S/C15H18FNO3/c1-2-20-8-12-10-6-17(7-11(10)12)14-4-3-9(15(18)19)5-13(14)16/h3-5,10-12H,2,6-8H2,1H3,(H,18,19)/t10-,11+,12?.